The Morgan fingerprint density at radius 2 is 2.03 bits per heavy atom. The van der Waals surface area contributed by atoms with Gasteiger partial charge in [-0.1, -0.05) is 5.16 Å². The van der Waals surface area contributed by atoms with Gasteiger partial charge in [0.1, 0.15) is 11.8 Å². The Bertz CT molecular complexity index is 1370. The summed E-state index contributed by atoms with van der Waals surface area (Å²) in [6, 6.07) is 15.0. The minimum Gasteiger partial charge on any atom is -0.490 e. The topological polar surface area (TPSA) is 114 Å². The van der Waals surface area contributed by atoms with Crippen molar-refractivity contribution >= 4 is 22.9 Å². The van der Waals surface area contributed by atoms with Gasteiger partial charge in [-0.25, -0.2) is 4.79 Å². The van der Waals surface area contributed by atoms with Gasteiger partial charge >= 0.3 is 5.97 Å². The van der Waals surface area contributed by atoms with Crippen molar-refractivity contribution in [3.05, 3.63) is 59.8 Å². The summed E-state index contributed by atoms with van der Waals surface area (Å²) in [5.74, 6) is 0.865. The van der Waals surface area contributed by atoms with E-state index in [9.17, 15) is 10.1 Å². The van der Waals surface area contributed by atoms with Gasteiger partial charge < -0.3 is 19.0 Å². The fourth-order valence-corrected chi connectivity index (χ4v) is 3.30. The first-order valence-electron chi connectivity index (χ1n) is 10.5. The average molecular weight is 442 g/mol. The number of rotatable bonds is 7. The summed E-state index contributed by atoms with van der Waals surface area (Å²) in [4.78, 5) is 19.3. The molecule has 0 spiro atoms. The van der Waals surface area contributed by atoms with Crippen LogP contribution in [0.25, 0.3) is 39.8 Å². The normalized spacial score (nSPS) is 11.2. The fraction of sp³-hybridized carbons (Fsp3) is 0.200. The molecule has 2 heterocycles. The van der Waals surface area contributed by atoms with Gasteiger partial charge in [-0.3, -0.25) is 0 Å². The van der Waals surface area contributed by atoms with Crippen molar-refractivity contribution in [3.63, 3.8) is 0 Å². The van der Waals surface area contributed by atoms with Gasteiger partial charge in [0.25, 0.3) is 5.89 Å². The van der Waals surface area contributed by atoms with E-state index in [0.29, 0.717) is 35.2 Å². The zero-order valence-electron chi connectivity index (χ0n) is 18.5. The van der Waals surface area contributed by atoms with Gasteiger partial charge in [-0.2, -0.15) is 10.2 Å². The van der Waals surface area contributed by atoms with Crippen molar-refractivity contribution < 1.29 is 18.8 Å². The molecular weight excluding hydrogens is 420 g/mol. The lowest BCUT2D eigenvalue weighted by Gasteiger charge is -2.11. The molecule has 0 saturated heterocycles. The molecule has 0 aliphatic rings. The number of fused-ring (bicyclic) bond motifs is 1. The van der Waals surface area contributed by atoms with Crippen LogP contribution in [0.1, 0.15) is 32.0 Å². The maximum Gasteiger partial charge on any atom is 0.330 e. The van der Waals surface area contributed by atoms with Gasteiger partial charge in [-0.15, -0.1) is 0 Å². The molecule has 0 radical (unpaired) electrons. The molecule has 0 aliphatic heterocycles. The average Bonchev–Trinajstić information content (AvgIpc) is 3.44. The summed E-state index contributed by atoms with van der Waals surface area (Å²) in [7, 11) is 0. The number of aromatic nitrogens is 3. The number of hydrogen-bond acceptors (Lipinski definition) is 7. The Morgan fingerprint density at radius 3 is 2.79 bits per heavy atom. The number of nitrogens with one attached hydrogen (secondary N) is 1. The maximum atomic E-state index is 11.5. The summed E-state index contributed by atoms with van der Waals surface area (Å²) in [6.07, 6.45) is 3.01. The molecule has 166 valence electrons. The van der Waals surface area contributed by atoms with Crippen molar-refractivity contribution in [3.8, 4) is 34.7 Å². The molecule has 0 fully saturated rings. The SMILES string of the molecule is CCOC(=O)C=Cc1cc2cc(-c3noc(-c4ccc(OC(C)C)c(C#N)c4)n3)ccc2[nH]1. The molecule has 0 bridgehead atoms. The van der Waals surface area contributed by atoms with E-state index < -0.39 is 0 Å². The van der Waals surface area contributed by atoms with Crippen molar-refractivity contribution in [2.75, 3.05) is 6.61 Å². The smallest absolute Gasteiger partial charge is 0.330 e. The van der Waals surface area contributed by atoms with Crippen molar-refractivity contribution in [2.24, 2.45) is 0 Å². The fourth-order valence-electron chi connectivity index (χ4n) is 3.30. The largest absolute Gasteiger partial charge is 0.490 e. The van der Waals surface area contributed by atoms with Crippen LogP contribution in [-0.2, 0) is 9.53 Å². The second kappa shape index (κ2) is 9.40. The van der Waals surface area contributed by atoms with Crippen LogP contribution in [-0.4, -0.2) is 33.8 Å². The second-order valence-corrected chi connectivity index (χ2v) is 7.52. The third-order valence-corrected chi connectivity index (χ3v) is 4.72. The Kier molecular flexibility index (Phi) is 6.22. The maximum absolute atomic E-state index is 11.5. The number of benzene rings is 2. The number of hydrogen-bond donors (Lipinski definition) is 1. The number of carbonyl (C=O) groups is 1. The third kappa shape index (κ3) is 4.93. The Hall–Kier alpha value is -4.38. The monoisotopic (exact) mass is 442 g/mol. The first-order chi connectivity index (χ1) is 16.0. The number of carbonyl (C=O) groups excluding carboxylic acids is 1. The third-order valence-electron chi connectivity index (χ3n) is 4.72. The number of nitriles is 1. The van der Waals surface area contributed by atoms with Gasteiger partial charge in [0.2, 0.25) is 5.82 Å². The van der Waals surface area contributed by atoms with E-state index in [1.54, 1.807) is 31.2 Å². The van der Waals surface area contributed by atoms with E-state index in [1.807, 2.05) is 38.1 Å². The molecule has 8 nitrogen and oxygen atoms in total. The zero-order chi connectivity index (χ0) is 23.4. The van der Waals surface area contributed by atoms with E-state index in [2.05, 4.69) is 21.2 Å². The minimum absolute atomic E-state index is 0.0394. The van der Waals surface area contributed by atoms with Crippen LogP contribution in [0.4, 0.5) is 0 Å². The molecule has 0 atom stereocenters. The van der Waals surface area contributed by atoms with Crippen molar-refractivity contribution in [1.82, 2.24) is 15.1 Å². The van der Waals surface area contributed by atoms with Crippen LogP contribution in [0.15, 0.2) is 53.1 Å². The lowest BCUT2D eigenvalue weighted by atomic mass is 10.1. The highest BCUT2D eigenvalue weighted by Gasteiger charge is 2.14. The number of esters is 1. The summed E-state index contributed by atoms with van der Waals surface area (Å²) in [5, 5.41) is 14.5. The van der Waals surface area contributed by atoms with Crippen LogP contribution in [0.2, 0.25) is 0 Å². The Morgan fingerprint density at radius 1 is 1.21 bits per heavy atom. The van der Waals surface area contributed by atoms with E-state index in [-0.39, 0.29) is 12.1 Å². The van der Waals surface area contributed by atoms with Crippen LogP contribution >= 0.6 is 0 Å². The zero-order valence-corrected chi connectivity index (χ0v) is 18.5. The summed E-state index contributed by atoms with van der Waals surface area (Å²) in [6.45, 7) is 5.90. The summed E-state index contributed by atoms with van der Waals surface area (Å²) >= 11 is 0. The predicted molar refractivity (Wildman–Crippen MR) is 123 cm³/mol. The van der Waals surface area contributed by atoms with Crippen LogP contribution in [0.5, 0.6) is 5.75 Å². The molecule has 2 aromatic carbocycles. The highest BCUT2D eigenvalue weighted by molar-refractivity contribution is 5.90. The molecular formula is C25H22N4O4. The molecule has 4 aromatic rings. The molecule has 2 aromatic heterocycles. The highest BCUT2D eigenvalue weighted by atomic mass is 16.5. The van der Waals surface area contributed by atoms with Gasteiger partial charge in [-0.05, 0) is 69.3 Å². The molecule has 0 aliphatic carbocycles. The van der Waals surface area contributed by atoms with Crippen molar-refractivity contribution in [2.45, 2.75) is 26.9 Å². The molecule has 0 amide bonds. The van der Waals surface area contributed by atoms with Gasteiger partial charge in [0, 0.05) is 33.8 Å². The predicted octanol–water partition coefficient (Wildman–Crippen LogP) is 5.12. The number of nitrogens with zero attached hydrogens (tertiary/aromatic N) is 3. The molecule has 4 rings (SSSR count). The lowest BCUT2D eigenvalue weighted by molar-refractivity contribution is -0.137. The molecule has 8 heteroatoms. The van der Waals surface area contributed by atoms with E-state index in [0.717, 1.165) is 22.2 Å². The molecule has 33 heavy (non-hydrogen) atoms. The molecule has 0 unspecified atom stereocenters. The standard InChI is InChI=1S/C25H22N4O4/c1-4-31-23(30)10-7-20-13-18-11-16(5-8-21(18)27-20)24-28-25(33-29-24)17-6-9-22(32-15(2)3)19(12-17)14-26/h5-13,15,27H,4H2,1-3H3. The van der Waals surface area contributed by atoms with Gasteiger partial charge in [0.15, 0.2) is 0 Å². The number of H-pyrrole nitrogens is 1. The Labute approximate surface area is 190 Å². The number of aromatic amines is 1. The van der Waals surface area contributed by atoms with Crippen LogP contribution in [0.3, 0.4) is 0 Å². The second-order valence-electron chi connectivity index (χ2n) is 7.52. The van der Waals surface area contributed by atoms with E-state index in [4.69, 9.17) is 14.0 Å². The van der Waals surface area contributed by atoms with Crippen LogP contribution in [0, 0.1) is 11.3 Å². The first kappa shape index (κ1) is 21.8. The quantitative estimate of drug-likeness (QED) is 0.312. The van der Waals surface area contributed by atoms with E-state index in [1.165, 1.54) is 6.08 Å². The molecule has 0 saturated carbocycles. The van der Waals surface area contributed by atoms with Gasteiger partial charge in [0.05, 0.1) is 18.3 Å². The highest BCUT2D eigenvalue weighted by Crippen LogP contribution is 2.29. The molecule has 1 N–H and O–H groups in total. The van der Waals surface area contributed by atoms with Crippen molar-refractivity contribution in [1.29, 1.82) is 5.26 Å². The lowest BCUT2D eigenvalue weighted by Crippen LogP contribution is -2.06. The van der Waals surface area contributed by atoms with E-state index >= 15 is 0 Å². The number of ether oxygens (including phenoxy) is 2. The summed E-state index contributed by atoms with van der Waals surface area (Å²) in [5.41, 5.74) is 3.49. The first-order valence-corrected chi connectivity index (χ1v) is 10.5. The van der Waals surface area contributed by atoms with Crippen LogP contribution < -0.4 is 4.74 Å². The minimum atomic E-state index is -0.389. The summed E-state index contributed by atoms with van der Waals surface area (Å²) < 4.78 is 16.0. The Balaban J connectivity index is 1.59.